The Morgan fingerprint density at radius 1 is 1.06 bits per heavy atom. The molecule has 11 nitrogen and oxygen atoms in total. The number of ether oxygens (including phenoxy) is 1. The van der Waals surface area contributed by atoms with Gasteiger partial charge in [-0.25, -0.2) is 9.59 Å². The van der Waals surface area contributed by atoms with E-state index in [0.29, 0.717) is 24.4 Å². The van der Waals surface area contributed by atoms with E-state index in [9.17, 15) is 24.0 Å². The first kappa shape index (κ1) is 25.0. The molecule has 2 aliphatic rings. The zero-order valence-electron chi connectivity index (χ0n) is 19.5. The molecule has 2 heterocycles. The van der Waals surface area contributed by atoms with Gasteiger partial charge in [-0.15, -0.1) is 5.06 Å². The van der Waals surface area contributed by atoms with Crippen molar-refractivity contribution in [1.82, 2.24) is 20.6 Å². The van der Waals surface area contributed by atoms with Gasteiger partial charge in [-0.2, -0.15) is 0 Å². The number of nitrogens with zero attached hydrogens (tertiary/aromatic N) is 2. The van der Waals surface area contributed by atoms with Crippen LogP contribution in [0.3, 0.4) is 0 Å². The molecule has 2 fully saturated rings. The summed E-state index contributed by atoms with van der Waals surface area (Å²) in [5.41, 5.74) is 0.0992. The highest BCUT2D eigenvalue weighted by Gasteiger charge is 2.38. The maximum absolute atomic E-state index is 13.4. The van der Waals surface area contributed by atoms with E-state index in [4.69, 9.17) is 9.57 Å². The average Bonchev–Trinajstić information content (AvgIpc) is 3.33. The van der Waals surface area contributed by atoms with E-state index in [2.05, 4.69) is 10.6 Å². The maximum Gasteiger partial charge on any atom is 0.433 e. The zero-order valence-corrected chi connectivity index (χ0v) is 19.5. The molecule has 0 aromatic heterocycles. The van der Waals surface area contributed by atoms with Crippen molar-refractivity contribution in [1.29, 1.82) is 0 Å². The first-order valence-corrected chi connectivity index (χ1v) is 11.2. The van der Waals surface area contributed by atoms with Crippen LogP contribution in [-0.4, -0.2) is 64.2 Å². The Kier molecular flexibility index (Phi) is 7.75. The molecule has 2 N–H and O–H groups in total. The maximum atomic E-state index is 13.4. The molecule has 184 valence electrons. The van der Waals surface area contributed by atoms with Gasteiger partial charge in [-0.1, -0.05) is 30.3 Å². The fourth-order valence-electron chi connectivity index (χ4n) is 3.78. The number of carbonyl (C=O) groups is 5. The SMILES string of the molecule is CC(C)(C)OC(=O)N[C@@H](Cc1ccccc1)C(=O)N1CCCC1NC(=O)ON1C(=O)CCC1=O. The Labute approximate surface area is 197 Å². The summed E-state index contributed by atoms with van der Waals surface area (Å²) in [7, 11) is 0. The van der Waals surface area contributed by atoms with Gasteiger partial charge in [0.05, 0.1) is 0 Å². The van der Waals surface area contributed by atoms with Gasteiger partial charge in [-0.05, 0) is 39.2 Å². The molecule has 0 radical (unpaired) electrons. The molecule has 1 unspecified atom stereocenters. The van der Waals surface area contributed by atoms with Crippen LogP contribution in [0.1, 0.15) is 52.0 Å². The molecule has 11 heteroatoms. The highest BCUT2D eigenvalue weighted by molar-refractivity contribution is 6.01. The van der Waals surface area contributed by atoms with E-state index < -0.39 is 47.7 Å². The molecule has 0 saturated carbocycles. The minimum atomic E-state index is -1.01. The molecule has 3 rings (SSSR count). The van der Waals surface area contributed by atoms with Crippen molar-refractivity contribution in [2.24, 2.45) is 0 Å². The van der Waals surface area contributed by atoms with Crippen molar-refractivity contribution in [3.63, 3.8) is 0 Å². The second-order valence-corrected chi connectivity index (χ2v) is 9.18. The fraction of sp³-hybridized carbons (Fsp3) is 0.522. The Hall–Kier alpha value is -3.63. The number of hydrogen-bond acceptors (Lipinski definition) is 7. The van der Waals surface area contributed by atoms with Crippen LogP contribution in [0.4, 0.5) is 9.59 Å². The predicted molar refractivity (Wildman–Crippen MR) is 119 cm³/mol. The van der Waals surface area contributed by atoms with Crippen molar-refractivity contribution in [2.45, 2.75) is 70.7 Å². The third-order valence-electron chi connectivity index (χ3n) is 5.27. The van der Waals surface area contributed by atoms with Gasteiger partial charge in [0, 0.05) is 25.8 Å². The van der Waals surface area contributed by atoms with Gasteiger partial charge in [0.2, 0.25) is 5.91 Å². The van der Waals surface area contributed by atoms with Gasteiger partial charge in [0.15, 0.2) is 0 Å². The fourth-order valence-corrected chi connectivity index (χ4v) is 3.78. The molecule has 1 aromatic rings. The first-order valence-electron chi connectivity index (χ1n) is 11.2. The zero-order chi connectivity index (χ0) is 24.9. The third-order valence-corrected chi connectivity index (χ3v) is 5.27. The first-order chi connectivity index (χ1) is 16.0. The Bertz CT molecular complexity index is 928. The number of alkyl carbamates (subject to hydrolysis) is 1. The van der Waals surface area contributed by atoms with E-state index in [0.717, 1.165) is 5.56 Å². The van der Waals surface area contributed by atoms with Gasteiger partial charge < -0.3 is 19.8 Å². The van der Waals surface area contributed by atoms with E-state index >= 15 is 0 Å². The highest BCUT2D eigenvalue weighted by Crippen LogP contribution is 2.19. The second kappa shape index (κ2) is 10.5. The lowest BCUT2D eigenvalue weighted by Crippen LogP contribution is -2.55. The Morgan fingerprint density at radius 2 is 1.71 bits per heavy atom. The lowest BCUT2D eigenvalue weighted by Gasteiger charge is -2.30. The summed E-state index contributed by atoms with van der Waals surface area (Å²) in [5, 5.41) is 5.63. The largest absolute Gasteiger partial charge is 0.444 e. The molecule has 0 spiro atoms. The average molecular weight is 475 g/mol. The summed E-state index contributed by atoms with van der Waals surface area (Å²) in [6.45, 7) is 5.53. The van der Waals surface area contributed by atoms with Crippen LogP contribution in [0, 0.1) is 0 Å². The number of amides is 5. The molecule has 2 aliphatic heterocycles. The standard InChI is InChI=1S/C23H30N4O7/c1-23(2,3)33-21(31)24-16(14-15-8-5-4-6-9-15)20(30)26-13-7-10-17(26)25-22(32)34-27-18(28)11-12-19(27)29/h4-6,8-9,16-17H,7,10-14H2,1-3H3,(H,24,31)(H,25,32)/t16-,17?/m0/s1. The molecular formula is C23H30N4O7. The van der Waals surface area contributed by atoms with Crippen LogP contribution < -0.4 is 10.6 Å². The van der Waals surface area contributed by atoms with Crippen LogP contribution in [0.25, 0.3) is 0 Å². The normalized spacial score (nSPS) is 19.1. The molecule has 0 bridgehead atoms. The van der Waals surface area contributed by atoms with Gasteiger partial charge in [0.1, 0.15) is 17.8 Å². The van der Waals surface area contributed by atoms with Crippen molar-refractivity contribution in [3.05, 3.63) is 35.9 Å². The summed E-state index contributed by atoms with van der Waals surface area (Å²) in [4.78, 5) is 67.8. The monoisotopic (exact) mass is 474 g/mol. The summed E-state index contributed by atoms with van der Waals surface area (Å²) in [6, 6.07) is 8.28. The molecule has 1 aromatic carbocycles. The number of likely N-dealkylation sites (tertiary alicyclic amines) is 1. The summed E-state index contributed by atoms with van der Waals surface area (Å²) < 4.78 is 5.32. The lowest BCUT2D eigenvalue weighted by atomic mass is 10.0. The summed E-state index contributed by atoms with van der Waals surface area (Å²) in [5.74, 6) is -1.58. The van der Waals surface area contributed by atoms with Crippen LogP contribution >= 0.6 is 0 Å². The molecule has 2 atom stereocenters. The van der Waals surface area contributed by atoms with E-state index in [1.165, 1.54) is 4.90 Å². The van der Waals surface area contributed by atoms with Crippen molar-refractivity contribution >= 4 is 29.9 Å². The van der Waals surface area contributed by atoms with Gasteiger partial charge in [-0.3, -0.25) is 19.7 Å². The molecular weight excluding hydrogens is 444 g/mol. The van der Waals surface area contributed by atoms with Crippen LogP contribution in [0.5, 0.6) is 0 Å². The number of hydroxylamine groups is 2. The summed E-state index contributed by atoms with van der Waals surface area (Å²) in [6.07, 6.45) is -1.19. The van der Waals surface area contributed by atoms with Crippen molar-refractivity contribution < 1.29 is 33.5 Å². The molecule has 2 saturated heterocycles. The highest BCUT2D eigenvalue weighted by atomic mass is 16.7. The number of rotatable bonds is 6. The van der Waals surface area contributed by atoms with Crippen molar-refractivity contribution in [2.75, 3.05) is 6.54 Å². The van der Waals surface area contributed by atoms with Crippen LogP contribution in [-0.2, 0) is 30.4 Å². The number of imide groups is 1. The number of carbonyl (C=O) groups excluding carboxylic acids is 5. The van der Waals surface area contributed by atoms with Gasteiger partial charge >= 0.3 is 12.2 Å². The van der Waals surface area contributed by atoms with Crippen LogP contribution in [0.15, 0.2) is 30.3 Å². The molecule has 0 aliphatic carbocycles. The second-order valence-electron chi connectivity index (χ2n) is 9.18. The minimum Gasteiger partial charge on any atom is -0.444 e. The quantitative estimate of drug-likeness (QED) is 0.601. The molecule has 5 amide bonds. The van der Waals surface area contributed by atoms with E-state index in [1.807, 2.05) is 30.3 Å². The lowest BCUT2D eigenvalue weighted by molar-refractivity contribution is -0.172. The predicted octanol–water partition coefficient (Wildman–Crippen LogP) is 1.86. The van der Waals surface area contributed by atoms with E-state index in [1.54, 1.807) is 20.8 Å². The third kappa shape index (κ3) is 6.69. The number of hydrogen-bond donors (Lipinski definition) is 2. The smallest absolute Gasteiger partial charge is 0.433 e. The van der Waals surface area contributed by atoms with Crippen molar-refractivity contribution in [3.8, 4) is 0 Å². The van der Waals surface area contributed by atoms with Crippen LogP contribution in [0.2, 0.25) is 0 Å². The Balaban J connectivity index is 1.69. The number of benzene rings is 1. The Morgan fingerprint density at radius 3 is 2.32 bits per heavy atom. The minimum absolute atomic E-state index is 0.0162. The molecule has 34 heavy (non-hydrogen) atoms. The van der Waals surface area contributed by atoms with Gasteiger partial charge in [0.25, 0.3) is 11.8 Å². The number of nitrogens with one attached hydrogen (secondary N) is 2. The van der Waals surface area contributed by atoms with E-state index in [-0.39, 0.29) is 19.3 Å². The topological polar surface area (TPSA) is 134 Å². The summed E-state index contributed by atoms with van der Waals surface area (Å²) >= 11 is 0.